The van der Waals surface area contributed by atoms with Crippen LogP contribution in [0, 0.1) is 12.0 Å². The van der Waals surface area contributed by atoms with E-state index in [9.17, 15) is 0 Å². The molecule has 1 radical (unpaired) electrons. The van der Waals surface area contributed by atoms with Crippen molar-refractivity contribution in [3.05, 3.63) is 42.5 Å². The monoisotopic (exact) mass is 143 g/mol. The minimum absolute atomic E-state index is 0.758. The van der Waals surface area contributed by atoms with Gasteiger partial charge in [0, 0.05) is 0 Å². The molecule has 0 aliphatic heterocycles. The average Bonchev–Trinajstić information content (AvgIpc) is 2.87. The Morgan fingerprint density at radius 2 is 2.27 bits per heavy atom. The molecule has 1 fully saturated rings. The lowest BCUT2D eigenvalue weighted by atomic mass is 10.0. The molecule has 0 amide bonds. The summed E-state index contributed by atoms with van der Waals surface area (Å²) in [4.78, 5) is 0. The van der Waals surface area contributed by atoms with Gasteiger partial charge in [-0.1, -0.05) is 30.8 Å². The summed E-state index contributed by atoms with van der Waals surface area (Å²) >= 11 is 0. The van der Waals surface area contributed by atoms with Crippen LogP contribution < -0.4 is 0 Å². The summed E-state index contributed by atoms with van der Waals surface area (Å²) in [6.45, 7) is 4.06. The fraction of sp³-hybridized carbons (Fsp3) is 0.273. The van der Waals surface area contributed by atoms with Gasteiger partial charge < -0.3 is 0 Å². The predicted octanol–water partition coefficient (Wildman–Crippen LogP) is 2.91. The van der Waals surface area contributed by atoms with Gasteiger partial charge in [-0.15, -0.1) is 0 Å². The van der Waals surface area contributed by atoms with E-state index in [-0.39, 0.29) is 0 Å². The van der Waals surface area contributed by atoms with E-state index >= 15 is 0 Å². The lowest BCUT2D eigenvalue weighted by Gasteiger charge is -2.00. The van der Waals surface area contributed by atoms with E-state index in [1.54, 1.807) is 0 Å². The fourth-order valence-electron chi connectivity index (χ4n) is 1.24. The van der Waals surface area contributed by atoms with Crippen LogP contribution in [0.1, 0.15) is 18.4 Å². The third-order valence-electron chi connectivity index (χ3n) is 2.13. The Morgan fingerprint density at radius 1 is 1.45 bits per heavy atom. The highest BCUT2D eigenvalue weighted by Crippen LogP contribution is 2.40. The number of rotatable bonds is 2. The number of allylic oxidation sites excluding steroid dienone is 1. The first kappa shape index (κ1) is 6.66. The SMILES string of the molecule is C=C(c1[c]cccc1)C1CC1. The summed E-state index contributed by atoms with van der Waals surface area (Å²) in [5.74, 6) is 0.758. The van der Waals surface area contributed by atoms with Crippen LogP contribution in [0.4, 0.5) is 0 Å². The second-order valence-electron chi connectivity index (χ2n) is 3.08. The number of hydrogen-bond acceptors (Lipinski definition) is 0. The zero-order valence-electron chi connectivity index (χ0n) is 6.51. The van der Waals surface area contributed by atoms with Crippen molar-refractivity contribution >= 4 is 5.57 Å². The van der Waals surface area contributed by atoms with Crippen molar-refractivity contribution in [1.29, 1.82) is 0 Å². The molecule has 1 saturated carbocycles. The van der Waals surface area contributed by atoms with E-state index in [2.05, 4.69) is 18.7 Å². The van der Waals surface area contributed by atoms with Crippen LogP contribution >= 0.6 is 0 Å². The first-order chi connectivity index (χ1) is 5.38. The molecule has 0 heterocycles. The highest BCUT2D eigenvalue weighted by atomic mass is 14.3. The van der Waals surface area contributed by atoms with Gasteiger partial charge >= 0.3 is 0 Å². The van der Waals surface area contributed by atoms with Crippen molar-refractivity contribution in [2.45, 2.75) is 12.8 Å². The molecule has 0 N–H and O–H groups in total. The quantitative estimate of drug-likeness (QED) is 0.597. The van der Waals surface area contributed by atoms with Crippen LogP contribution in [0.2, 0.25) is 0 Å². The normalized spacial score (nSPS) is 16.4. The van der Waals surface area contributed by atoms with Crippen molar-refractivity contribution in [2.75, 3.05) is 0 Å². The van der Waals surface area contributed by atoms with Crippen molar-refractivity contribution in [3.63, 3.8) is 0 Å². The zero-order valence-corrected chi connectivity index (χ0v) is 6.51. The third kappa shape index (κ3) is 1.35. The maximum atomic E-state index is 4.06. The lowest BCUT2D eigenvalue weighted by Crippen LogP contribution is -1.82. The fourth-order valence-corrected chi connectivity index (χ4v) is 1.24. The Bertz CT molecular complexity index is 255. The molecular formula is C11H11. The van der Waals surface area contributed by atoms with Gasteiger partial charge in [-0.3, -0.25) is 0 Å². The average molecular weight is 143 g/mol. The molecule has 2 rings (SSSR count). The van der Waals surface area contributed by atoms with Crippen molar-refractivity contribution < 1.29 is 0 Å². The molecule has 1 aliphatic carbocycles. The van der Waals surface area contributed by atoms with Crippen LogP contribution in [0.5, 0.6) is 0 Å². The molecule has 1 aliphatic rings. The Morgan fingerprint density at radius 3 is 2.82 bits per heavy atom. The minimum Gasteiger partial charge on any atom is -0.0949 e. The van der Waals surface area contributed by atoms with Crippen LogP contribution in [-0.4, -0.2) is 0 Å². The molecule has 0 atom stereocenters. The summed E-state index contributed by atoms with van der Waals surface area (Å²) in [5.41, 5.74) is 2.46. The maximum absolute atomic E-state index is 4.06. The van der Waals surface area contributed by atoms with E-state index in [0.29, 0.717) is 0 Å². The molecule has 0 aromatic heterocycles. The summed E-state index contributed by atoms with van der Waals surface area (Å²) < 4.78 is 0. The highest BCUT2D eigenvalue weighted by molar-refractivity contribution is 5.66. The molecule has 1 aromatic carbocycles. The summed E-state index contributed by atoms with van der Waals surface area (Å²) in [6, 6.07) is 11.3. The lowest BCUT2D eigenvalue weighted by molar-refractivity contribution is 1.15. The third-order valence-corrected chi connectivity index (χ3v) is 2.13. The second-order valence-corrected chi connectivity index (χ2v) is 3.08. The zero-order chi connectivity index (χ0) is 7.68. The molecule has 55 valence electrons. The van der Waals surface area contributed by atoms with Crippen molar-refractivity contribution in [3.8, 4) is 0 Å². The highest BCUT2D eigenvalue weighted by Gasteiger charge is 2.24. The van der Waals surface area contributed by atoms with E-state index in [4.69, 9.17) is 0 Å². The van der Waals surface area contributed by atoms with Crippen LogP contribution in [-0.2, 0) is 0 Å². The first-order valence-corrected chi connectivity index (χ1v) is 4.04. The van der Waals surface area contributed by atoms with Gasteiger partial charge in [0.1, 0.15) is 0 Å². The summed E-state index contributed by atoms with van der Waals surface area (Å²) in [7, 11) is 0. The van der Waals surface area contributed by atoms with Gasteiger partial charge in [0.25, 0.3) is 0 Å². The van der Waals surface area contributed by atoms with Gasteiger partial charge in [-0.2, -0.15) is 0 Å². The molecule has 0 nitrogen and oxygen atoms in total. The summed E-state index contributed by atoms with van der Waals surface area (Å²) in [6.07, 6.45) is 2.64. The molecule has 0 saturated heterocycles. The van der Waals surface area contributed by atoms with Gasteiger partial charge in [0.2, 0.25) is 0 Å². The molecule has 0 unspecified atom stereocenters. The molecule has 1 aromatic rings. The van der Waals surface area contributed by atoms with Gasteiger partial charge in [0.15, 0.2) is 0 Å². The van der Waals surface area contributed by atoms with Crippen LogP contribution in [0.3, 0.4) is 0 Å². The molecule has 0 bridgehead atoms. The van der Waals surface area contributed by atoms with Gasteiger partial charge in [-0.05, 0) is 36.0 Å². The summed E-state index contributed by atoms with van der Waals surface area (Å²) in [5, 5.41) is 0. The first-order valence-electron chi connectivity index (χ1n) is 4.04. The van der Waals surface area contributed by atoms with Gasteiger partial charge in [-0.25, -0.2) is 0 Å². The standard InChI is InChI=1S/C11H11/c1-9(11-7-8-11)10-5-3-2-4-6-10/h2-5,11H,1,7-8H2. The minimum atomic E-state index is 0.758. The molecule has 11 heavy (non-hydrogen) atoms. The molecule has 0 spiro atoms. The molecule has 0 heteroatoms. The van der Waals surface area contributed by atoms with Crippen molar-refractivity contribution in [2.24, 2.45) is 5.92 Å². The molecular weight excluding hydrogens is 132 g/mol. The van der Waals surface area contributed by atoms with Crippen LogP contribution in [0.25, 0.3) is 5.57 Å². The Balaban J connectivity index is 2.22. The van der Waals surface area contributed by atoms with Gasteiger partial charge in [0.05, 0.1) is 0 Å². The predicted molar refractivity (Wildman–Crippen MR) is 47.0 cm³/mol. The smallest absolute Gasteiger partial charge is 0.0103 e. The number of benzene rings is 1. The van der Waals surface area contributed by atoms with E-state index in [1.165, 1.54) is 24.0 Å². The van der Waals surface area contributed by atoms with E-state index in [0.717, 1.165) is 5.92 Å². The second kappa shape index (κ2) is 2.54. The van der Waals surface area contributed by atoms with E-state index in [1.807, 2.05) is 18.2 Å². The van der Waals surface area contributed by atoms with Crippen LogP contribution in [0.15, 0.2) is 30.8 Å². The largest absolute Gasteiger partial charge is 0.0949 e. The van der Waals surface area contributed by atoms with Crippen molar-refractivity contribution in [1.82, 2.24) is 0 Å². The Hall–Kier alpha value is -1.04. The maximum Gasteiger partial charge on any atom is -0.0103 e. The number of hydrogen-bond donors (Lipinski definition) is 0. The van der Waals surface area contributed by atoms with E-state index < -0.39 is 0 Å². The Kier molecular flexibility index (Phi) is 1.54. The Labute approximate surface area is 67.6 Å². The topological polar surface area (TPSA) is 0 Å².